The number of nitrogens with two attached hydrogens (primary N) is 2. The minimum Gasteiger partial charge on any atom is -0.384 e. The van der Waals surface area contributed by atoms with Crippen LogP contribution in [-0.4, -0.2) is 44.9 Å². The summed E-state index contributed by atoms with van der Waals surface area (Å²) in [5.74, 6) is -1.49. The Kier molecular flexibility index (Phi) is 6.93. The van der Waals surface area contributed by atoms with Gasteiger partial charge in [0.25, 0.3) is 5.56 Å². The molecule has 1 saturated heterocycles. The molecule has 2 aromatic rings. The fraction of sp³-hybridized carbons (Fsp3) is 0.455. The van der Waals surface area contributed by atoms with Crippen molar-refractivity contribution in [3.63, 3.8) is 0 Å². The number of rotatable bonds is 7. The number of hydrogen-bond acceptors (Lipinski definition) is 6. The van der Waals surface area contributed by atoms with Crippen molar-refractivity contribution in [2.75, 3.05) is 18.8 Å². The first-order valence-corrected chi connectivity index (χ1v) is 10.6. The van der Waals surface area contributed by atoms with E-state index in [-0.39, 0.29) is 31.0 Å². The third-order valence-electron chi connectivity index (χ3n) is 5.97. The molecule has 1 fully saturated rings. The Hall–Kier alpha value is -3.27. The highest BCUT2D eigenvalue weighted by molar-refractivity contribution is 6.01. The number of nitrogen functional groups attached to an aromatic ring is 1. The fourth-order valence-corrected chi connectivity index (χ4v) is 4.12. The minimum absolute atomic E-state index is 0.0311. The number of amides is 1. The van der Waals surface area contributed by atoms with Crippen LogP contribution in [0.2, 0.25) is 0 Å². The van der Waals surface area contributed by atoms with Crippen LogP contribution in [-0.2, 0) is 17.9 Å². The van der Waals surface area contributed by atoms with E-state index in [1.807, 2.05) is 6.92 Å². The van der Waals surface area contributed by atoms with E-state index in [9.17, 15) is 23.6 Å². The highest BCUT2D eigenvalue weighted by Crippen LogP contribution is 2.23. The molecule has 1 aliphatic heterocycles. The second-order valence-corrected chi connectivity index (χ2v) is 8.25. The van der Waals surface area contributed by atoms with Crippen LogP contribution in [0.4, 0.5) is 10.2 Å². The maximum Gasteiger partial charge on any atom is 0.332 e. The van der Waals surface area contributed by atoms with Gasteiger partial charge < -0.3 is 11.5 Å². The molecule has 10 heteroatoms. The van der Waals surface area contributed by atoms with Gasteiger partial charge in [0.1, 0.15) is 17.2 Å². The Morgan fingerprint density at radius 1 is 1.16 bits per heavy atom. The Morgan fingerprint density at radius 3 is 2.41 bits per heavy atom. The monoisotopic (exact) mass is 445 g/mol. The van der Waals surface area contributed by atoms with E-state index in [0.29, 0.717) is 24.4 Å². The number of nitrogens with zero attached hydrogens (tertiary/aromatic N) is 3. The second kappa shape index (κ2) is 9.47. The summed E-state index contributed by atoms with van der Waals surface area (Å²) in [6, 6.07) is 4.88. The van der Waals surface area contributed by atoms with E-state index in [1.165, 1.54) is 24.3 Å². The van der Waals surface area contributed by atoms with Crippen LogP contribution >= 0.6 is 0 Å². The summed E-state index contributed by atoms with van der Waals surface area (Å²) >= 11 is 0. The number of hydrogen-bond donors (Lipinski definition) is 2. The number of ketones is 1. The quantitative estimate of drug-likeness (QED) is 0.599. The van der Waals surface area contributed by atoms with Crippen LogP contribution in [0, 0.1) is 11.7 Å². The van der Waals surface area contributed by atoms with Gasteiger partial charge >= 0.3 is 5.69 Å². The number of primary amides is 1. The predicted octanol–water partition coefficient (Wildman–Crippen LogP) is 0.568. The molecule has 1 amide bonds. The molecule has 0 radical (unpaired) electrons. The first-order valence-electron chi connectivity index (χ1n) is 10.6. The van der Waals surface area contributed by atoms with E-state index in [0.717, 1.165) is 15.6 Å². The van der Waals surface area contributed by atoms with E-state index in [1.54, 1.807) is 11.8 Å². The number of anilines is 1. The third kappa shape index (κ3) is 4.64. The molecule has 2 heterocycles. The van der Waals surface area contributed by atoms with Gasteiger partial charge in [-0.2, -0.15) is 0 Å². The van der Waals surface area contributed by atoms with Crippen molar-refractivity contribution in [2.45, 2.75) is 45.8 Å². The average molecular weight is 445 g/mol. The summed E-state index contributed by atoms with van der Waals surface area (Å²) in [5.41, 5.74) is 10.5. The summed E-state index contributed by atoms with van der Waals surface area (Å²) < 4.78 is 15.3. The summed E-state index contributed by atoms with van der Waals surface area (Å²) in [6.45, 7) is 3.92. The van der Waals surface area contributed by atoms with Gasteiger partial charge in [-0.05, 0) is 49.9 Å². The standard InChI is InChI=1S/C22H28FN5O4/c1-3-27-21(31)18(17(29)12-26-9-8-13(2)10-16(26)20(25)30)19(24)28(22(27)32)11-14-4-6-15(23)7-5-14/h4-7,13,16H,3,8-12,24H2,1-2H3,(H2,25,30). The van der Waals surface area contributed by atoms with Crippen molar-refractivity contribution in [3.8, 4) is 0 Å². The van der Waals surface area contributed by atoms with Crippen molar-refractivity contribution >= 4 is 17.5 Å². The zero-order chi connectivity index (χ0) is 23.6. The maximum absolute atomic E-state index is 13.2. The highest BCUT2D eigenvalue weighted by atomic mass is 19.1. The van der Waals surface area contributed by atoms with Gasteiger partial charge in [0, 0.05) is 6.54 Å². The summed E-state index contributed by atoms with van der Waals surface area (Å²) in [7, 11) is 0. The first-order chi connectivity index (χ1) is 15.1. The Morgan fingerprint density at radius 2 is 1.81 bits per heavy atom. The first kappa shape index (κ1) is 23.4. The predicted molar refractivity (Wildman–Crippen MR) is 118 cm³/mol. The molecule has 1 aliphatic rings. The topological polar surface area (TPSA) is 133 Å². The molecule has 4 N–H and O–H groups in total. The van der Waals surface area contributed by atoms with Crippen LogP contribution < -0.4 is 22.7 Å². The maximum atomic E-state index is 13.2. The molecule has 0 bridgehead atoms. The van der Waals surface area contributed by atoms with Crippen molar-refractivity contribution in [1.29, 1.82) is 0 Å². The molecule has 0 aliphatic carbocycles. The van der Waals surface area contributed by atoms with Gasteiger partial charge in [0.2, 0.25) is 5.91 Å². The number of benzene rings is 1. The van der Waals surface area contributed by atoms with Gasteiger partial charge in [-0.1, -0.05) is 19.1 Å². The van der Waals surface area contributed by atoms with Gasteiger partial charge in [-0.15, -0.1) is 0 Å². The van der Waals surface area contributed by atoms with Crippen molar-refractivity contribution in [2.24, 2.45) is 11.7 Å². The van der Waals surface area contributed by atoms with Crippen LogP contribution in [0.15, 0.2) is 33.9 Å². The van der Waals surface area contributed by atoms with E-state index in [4.69, 9.17) is 11.5 Å². The zero-order valence-electron chi connectivity index (χ0n) is 18.2. The van der Waals surface area contributed by atoms with Crippen LogP contribution in [0.3, 0.4) is 0 Å². The van der Waals surface area contributed by atoms with Crippen molar-refractivity contribution in [3.05, 3.63) is 62.0 Å². The minimum atomic E-state index is -0.767. The number of carbonyl (C=O) groups is 2. The number of aromatic nitrogens is 2. The zero-order valence-corrected chi connectivity index (χ0v) is 18.2. The number of halogens is 1. The molecule has 32 heavy (non-hydrogen) atoms. The lowest BCUT2D eigenvalue weighted by Gasteiger charge is -2.36. The molecule has 0 spiro atoms. The number of piperidine rings is 1. The lowest BCUT2D eigenvalue weighted by molar-refractivity contribution is -0.124. The SMILES string of the molecule is CCn1c(=O)c(C(=O)CN2CCC(C)CC2C(N)=O)c(N)n(Cc2ccc(F)cc2)c1=O. The summed E-state index contributed by atoms with van der Waals surface area (Å²) in [6.07, 6.45) is 1.32. The number of likely N-dealkylation sites (tertiary alicyclic amines) is 1. The third-order valence-corrected chi connectivity index (χ3v) is 5.97. The molecular weight excluding hydrogens is 417 g/mol. The Balaban J connectivity index is 2.00. The highest BCUT2D eigenvalue weighted by Gasteiger charge is 2.33. The molecule has 0 saturated carbocycles. The van der Waals surface area contributed by atoms with Gasteiger partial charge in [-0.3, -0.25) is 28.4 Å². The number of carbonyl (C=O) groups excluding carboxylic acids is 2. The lowest BCUT2D eigenvalue weighted by atomic mass is 9.91. The lowest BCUT2D eigenvalue weighted by Crippen LogP contribution is -2.52. The number of Topliss-reactive ketones (excluding diaryl/α,β-unsaturated/α-hetero) is 1. The van der Waals surface area contributed by atoms with Crippen LogP contribution in [0.25, 0.3) is 0 Å². The Labute approximate surface area is 184 Å². The average Bonchev–Trinajstić information content (AvgIpc) is 2.74. The van der Waals surface area contributed by atoms with Crippen molar-refractivity contribution < 1.29 is 14.0 Å². The molecule has 2 unspecified atom stereocenters. The molecule has 2 atom stereocenters. The van der Waals surface area contributed by atoms with Gasteiger partial charge in [-0.25, -0.2) is 9.18 Å². The molecule has 172 valence electrons. The fourth-order valence-electron chi connectivity index (χ4n) is 4.12. The Bertz CT molecular complexity index is 1140. The van der Waals surface area contributed by atoms with Gasteiger partial charge in [0.15, 0.2) is 5.78 Å². The largest absolute Gasteiger partial charge is 0.384 e. The molecule has 3 rings (SSSR count). The van der Waals surface area contributed by atoms with Gasteiger partial charge in [0.05, 0.1) is 19.1 Å². The summed E-state index contributed by atoms with van der Waals surface area (Å²) in [5, 5.41) is 0. The normalized spacial score (nSPS) is 19.1. The van der Waals surface area contributed by atoms with Crippen LogP contribution in [0.1, 0.15) is 42.6 Å². The summed E-state index contributed by atoms with van der Waals surface area (Å²) in [4.78, 5) is 52.5. The molecule has 1 aromatic carbocycles. The van der Waals surface area contributed by atoms with Crippen molar-refractivity contribution in [1.82, 2.24) is 14.0 Å². The van der Waals surface area contributed by atoms with E-state index >= 15 is 0 Å². The second-order valence-electron chi connectivity index (χ2n) is 8.25. The van der Waals surface area contributed by atoms with E-state index in [2.05, 4.69) is 0 Å². The molecular formula is C22H28FN5O4. The smallest absolute Gasteiger partial charge is 0.332 e. The van der Waals surface area contributed by atoms with E-state index < -0.39 is 34.8 Å². The molecule has 9 nitrogen and oxygen atoms in total. The van der Waals surface area contributed by atoms with Crippen LogP contribution in [0.5, 0.6) is 0 Å². The molecule has 1 aromatic heterocycles.